The summed E-state index contributed by atoms with van der Waals surface area (Å²) in [5.41, 5.74) is 0.793. The molecule has 8 heteroatoms. The summed E-state index contributed by atoms with van der Waals surface area (Å²) < 4.78 is 5.23. The summed E-state index contributed by atoms with van der Waals surface area (Å²) in [5, 5.41) is 0. The fourth-order valence-electron chi connectivity index (χ4n) is 2.40. The first-order chi connectivity index (χ1) is 11.4. The molecule has 1 saturated heterocycles. The van der Waals surface area contributed by atoms with E-state index >= 15 is 0 Å². The Morgan fingerprint density at radius 2 is 1.75 bits per heavy atom. The maximum absolute atomic E-state index is 12.3. The van der Waals surface area contributed by atoms with E-state index in [9.17, 15) is 19.2 Å². The Morgan fingerprint density at radius 3 is 2.33 bits per heavy atom. The standard InChI is InChI=1S/C16H19N3O5/c1-4-18-14(21)15(22)19(16(18)23)10-13(20)17(2)9-11-7-5-6-8-12(11)24-3/h5-8H,4,9-10H2,1-3H3. The molecule has 1 heterocycles. The quantitative estimate of drug-likeness (QED) is 0.558. The van der Waals surface area contributed by atoms with Crippen LogP contribution in [0.1, 0.15) is 12.5 Å². The van der Waals surface area contributed by atoms with Gasteiger partial charge in [0.05, 0.1) is 7.11 Å². The zero-order valence-electron chi connectivity index (χ0n) is 13.8. The van der Waals surface area contributed by atoms with Crippen molar-refractivity contribution in [3.8, 4) is 5.75 Å². The maximum atomic E-state index is 12.3. The van der Waals surface area contributed by atoms with Crippen molar-refractivity contribution >= 4 is 23.8 Å². The number of methoxy groups -OCH3 is 1. The third-order valence-electron chi connectivity index (χ3n) is 3.77. The number of likely N-dealkylation sites (N-methyl/N-ethyl adjacent to an activating group) is 2. The number of amides is 5. The van der Waals surface area contributed by atoms with E-state index in [2.05, 4.69) is 0 Å². The van der Waals surface area contributed by atoms with Crippen LogP contribution in [0.15, 0.2) is 24.3 Å². The van der Waals surface area contributed by atoms with Crippen molar-refractivity contribution in [2.24, 2.45) is 0 Å². The summed E-state index contributed by atoms with van der Waals surface area (Å²) in [6, 6.07) is 6.47. The Hall–Kier alpha value is -2.90. The second kappa shape index (κ2) is 7.12. The Bertz CT molecular complexity index is 688. The lowest BCUT2D eigenvalue weighted by molar-refractivity contribution is -0.144. The molecule has 1 aliphatic rings. The highest BCUT2D eigenvalue weighted by atomic mass is 16.5. The normalized spacial score (nSPS) is 14.4. The van der Waals surface area contributed by atoms with Crippen molar-refractivity contribution in [1.82, 2.24) is 14.7 Å². The van der Waals surface area contributed by atoms with Gasteiger partial charge in [0.2, 0.25) is 5.91 Å². The summed E-state index contributed by atoms with van der Waals surface area (Å²) in [6.07, 6.45) is 0. The molecular weight excluding hydrogens is 314 g/mol. The van der Waals surface area contributed by atoms with Gasteiger partial charge >= 0.3 is 17.8 Å². The minimum Gasteiger partial charge on any atom is -0.496 e. The third-order valence-corrected chi connectivity index (χ3v) is 3.77. The van der Waals surface area contributed by atoms with Gasteiger partial charge in [-0.1, -0.05) is 18.2 Å². The van der Waals surface area contributed by atoms with Gasteiger partial charge < -0.3 is 9.64 Å². The monoisotopic (exact) mass is 333 g/mol. The van der Waals surface area contributed by atoms with Crippen molar-refractivity contribution in [2.45, 2.75) is 13.5 Å². The number of hydrogen-bond acceptors (Lipinski definition) is 5. The van der Waals surface area contributed by atoms with Crippen molar-refractivity contribution in [3.63, 3.8) is 0 Å². The SMILES string of the molecule is CCN1C(=O)C(=O)N(CC(=O)N(C)Cc2ccccc2OC)C1=O. The van der Waals surface area contributed by atoms with Crippen LogP contribution in [-0.2, 0) is 20.9 Å². The molecule has 0 saturated carbocycles. The van der Waals surface area contributed by atoms with E-state index < -0.39 is 30.3 Å². The number of para-hydroxylation sites is 1. The summed E-state index contributed by atoms with van der Waals surface area (Å²) >= 11 is 0. The van der Waals surface area contributed by atoms with E-state index in [0.29, 0.717) is 10.6 Å². The minimum absolute atomic E-state index is 0.0884. The highest BCUT2D eigenvalue weighted by molar-refractivity contribution is 6.45. The third kappa shape index (κ3) is 3.22. The number of benzene rings is 1. The first-order valence-corrected chi connectivity index (χ1v) is 7.43. The van der Waals surface area contributed by atoms with Crippen LogP contribution in [0.3, 0.4) is 0 Å². The smallest absolute Gasteiger partial charge is 0.334 e. The number of imide groups is 2. The number of nitrogens with zero attached hydrogens (tertiary/aromatic N) is 3. The Labute approximate surface area is 139 Å². The number of carbonyl (C=O) groups is 4. The number of rotatable bonds is 6. The molecular formula is C16H19N3O5. The van der Waals surface area contributed by atoms with Crippen LogP contribution in [0.4, 0.5) is 4.79 Å². The maximum Gasteiger partial charge on any atom is 0.334 e. The number of ether oxygens (including phenoxy) is 1. The van der Waals surface area contributed by atoms with Crippen molar-refractivity contribution in [1.29, 1.82) is 0 Å². The second-order valence-corrected chi connectivity index (χ2v) is 5.28. The van der Waals surface area contributed by atoms with Gasteiger partial charge in [0.1, 0.15) is 12.3 Å². The van der Waals surface area contributed by atoms with Gasteiger partial charge in [-0.05, 0) is 13.0 Å². The topological polar surface area (TPSA) is 87.2 Å². The molecule has 128 valence electrons. The van der Waals surface area contributed by atoms with Gasteiger partial charge in [0, 0.05) is 25.7 Å². The average molecular weight is 333 g/mol. The molecule has 1 aromatic rings. The van der Waals surface area contributed by atoms with Gasteiger partial charge in [-0.2, -0.15) is 0 Å². The van der Waals surface area contributed by atoms with Crippen LogP contribution >= 0.6 is 0 Å². The van der Waals surface area contributed by atoms with Crippen molar-refractivity contribution in [2.75, 3.05) is 27.2 Å². The summed E-state index contributed by atoms with van der Waals surface area (Å²) in [7, 11) is 3.09. The summed E-state index contributed by atoms with van der Waals surface area (Å²) in [4.78, 5) is 50.6. The molecule has 0 radical (unpaired) electrons. The Kier molecular flexibility index (Phi) is 5.18. The van der Waals surface area contributed by atoms with Crippen LogP contribution in [-0.4, -0.2) is 65.7 Å². The molecule has 1 fully saturated rings. The molecule has 0 aliphatic carbocycles. The molecule has 24 heavy (non-hydrogen) atoms. The molecule has 0 atom stereocenters. The first-order valence-electron chi connectivity index (χ1n) is 7.43. The highest BCUT2D eigenvalue weighted by Crippen LogP contribution is 2.19. The van der Waals surface area contributed by atoms with Gasteiger partial charge in [0.15, 0.2) is 0 Å². The van der Waals surface area contributed by atoms with Gasteiger partial charge in [-0.25, -0.2) is 9.69 Å². The molecule has 0 N–H and O–H groups in total. The van der Waals surface area contributed by atoms with E-state index in [4.69, 9.17) is 4.74 Å². The minimum atomic E-state index is -0.971. The molecule has 8 nitrogen and oxygen atoms in total. The summed E-state index contributed by atoms with van der Waals surface area (Å²) in [5.74, 6) is -1.69. The number of urea groups is 1. The molecule has 5 amide bonds. The van der Waals surface area contributed by atoms with E-state index in [-0.39, 0.29) is 13.1 Å². The predicted octanol–water partition coefficient (Wildman–Crippen LogP) is 0.464. The Balaban J connectivity index is 2.05. The number of carbonyl (C=O) groups excluding carboxylic acids is 4. The molecule has 0 unspecified atom stereocenters. The van der Waals surface area contributed by atoms with Gasteiger partial charge in [-0.3, -0.25) is 19.3 Å². The van der Waals surface area contributed by atoms with Crippen LogP contribution < -0.4 is 4.74 Å². The van der Waals surface area contributed by atoms with Crippen LogP contribution in [0.2, 0.25) is 0 Å². The lowest BCUT2D eigenvalue weighted by Crippen LogP contribution is -2.42. The number of hydrogen-bond donors (Lipinski definition) is 0. The van der Waals surface area contributed by atoms with E-state index in [0.717, 1.165) is 10.5 Å². The average Bonchev–Trinajstić information content (AvgIpc) is 2.78. The highest BCUT2D eigenvalue weighted by Gasteiger charge is 2.44. The van der Waals surface area contributed by atoms with Crippen LogP contribution in [0.25, 0.3) is 0 Å². The molecule has 2 rings (SSSR count). The van der Waals surface area contributed by atoms with E-state index in [1.165, 1.54) is 12.0 Å². The predicted molar refractivity (Wildman–Crippen MR) is 84.0 cm³/mol. The molecule has 0 spiro atoms. The molecule has 1 aromatic carbocycles. The van der Waals surface area contributed by atoms with Gasteiger partial charge in [-0.15, -0.1) is 0 Å². The van der Waals surface area contributed by atoms with E-state index in [1.807, 2.05) is 18.2 Å². The fourth-order valence-corrected chi connectivity index (χ4v) is 2.40. The fraction of sp³-hybridized carbons (Fsp3) is 0.375. The Morgan fingerprint density at radius 1 is 1.12 bits per heavy atom. The van der Waals surface area contributed by atoms with E-state index in [1.54, 1.807) is 20.0 Å². The van der Waals surface area contributed by atoms with Crippen molar-refractivity contribution in [3.05, 3.63) is 29.8 Å². The lowest BCUT2D eigenvalue weighted by Gasteiger charge is -2.21. The van der Waals surface area contributed by atoms with Crippen molar-refractivity contribution < 1.29 is 23.9 Å². The largest absolute Gasteiger partial charge is 0.496 e. The zero-order valence-corrected chi connectivity index (χ0v) is 13.8. The zero-order chi connectivity index (χ0) is 17.9. The van der Waals surface area contributed by atoms with Gasteiger partial charge in [0.25, 0.3) is 0 Å². The van der Waals surface area contributed by atoms with Crippen LogP contribution in [0, 0.1) is 0 Å². The molecule has 0 bridgehead atoms. The molecule has 1 aliphatic heterocycles. The molecule has 0 aromatic heterocycles. The first kappa shape index (κ1) is 17.5. The summed E-state index contributed by atoms with van der Waals surface area (Å²) in [6.45, 7) is 1.46. The lowest BCUT2D eigenvalue weighted by atomic mass is 10.2. The second-order valence-electron chi connectivity index (χ2n) is 5.28. The van der Waals surface area contributed by atoms with Crippen LogP contribution in [0.5, 0.6) is 5.75 Å².